The second kappa shape index (κ2) is 15.0. The maximum atomic E-state index is 13.7. The van der Waals surface area contributed by atoms with Crippen LogP contribution in [0.25, 0.3) is 6.08 Å². The zero-order valence-corrected chi connectivity index (χ0v) is 27.8. The number of carbonyl (C=O) groups is 3. The summed E-state index contributed by atoms with van der Waals surface area (Å²) in [5, 5.41) is 5.65. The summed E-state index contributed by atoms with van der Waals surface area (Å²) in [5.41, 5.74) is 3.29. The van der Waals surface area contributed by atoms with Gasteiger partial charge in [-0.3, -0.25) is 19.3 Å². The van der Waals surface area contributed by atoms with E-state index in [0.29, 0.717) is 28.3 Å². The first-order chi connectivity index (χ1) is 23.4. The van der Waals surface area contributed by atoms with Crippen LogP contribution in [0.5, 0.6) is 11.5 Å². The number of nitrogens with zero attached hydrogens (tertiary/aromatic N) is 1. The van der Waals surface area contributed by atoms with Crippen molar-refractivity contribution in [3.8, 4) is 11.5 Å². The van der Waals surface area contributed by atoms with Gasteiger partial charge < -0.3 is 20.1 Å². The number of rotatable bonds is 10. The minimum Gasteiger partial charge on any atom is -0.493 e. The van der Waals surface area contributed by atoms with Crippen molar-refractivity contribution in [2.24, 2.45) is 0 Å². The average Bonchev–Trinajstić information content (AvgIpc) is 3.12. The topological polar surface area (TPSA) is 97.0 Å². The van der Waals surface area contributed by atoms with Gasteiger partial charge in [0.05, 0.1) is 31.3 Å². The molecule has 2 N–H and O–H groups in total. The Kier molecular flexibility index (Phi) is 10.1. The second-order valence-corrected chi connectivity index (χ2v) is 12.7. The van der Waals surface area contributed by atoms with Gasteiger partial charge in [-0.05, 0) is 78.4 Å². The smallest absolute Gasteiger partial charge is 0.272 e. The molecular formula is C38H31N3O5S2. The van der Waals surface area contributed by atoms with E-state index >= 15 is 0 Å². The van der Waals surface area contributed by atoms with Crippen LogP contribution in [0.2, 0.25) is 0 Å². The van der Waals surface area contributed by atoms with Crippen LogP contribution in [0.1, 0.15) is 15.9 Å². The fourth-order valence-electron chi connectivity index (χ4n) is 5.10. The van der Waals surface area contributed by atoms with Crippen LogP contribution in [0.3, 0.4) is 0 Å². The summed E-state index contributed by atoms with van der Waals surface area (Å²) in [6.07, 6.45) is 1.57. The number of benzene rings is 5. The first-order valence-electron chi connectivity index (χ1n) is 15.0. The van der Waals surface area contributed by atoms with Gasteiger partial charge in [-0.2, -0.15) is 0 Å². The van der Waals surface area contributed by atoms with Gasteiger partial charge in [0.15, 0.2) is 11.5 Å². The van der Waals surface area contributed by atoms with Crippen molar-refractivity contribution in [1.29, 1.82) is 0 Å². The number of hydrogen-bond acceptors (Lipinski definition) is 7. The molecule has 0 atom stereocenters. The molecule has 240 valence electrons. The fraction of sp³-hybridized carbons (Fsp3) is 0.0789. The maximum absolute atomic E-state index is 13.7. The molecular weight excluding hydrogens is 643 g/mol. The lowest BCUT2D eigenvalue weighted by Crippen LogP contribution is -2.30. The number of carbonyl (C=O) groups excluding carboxylic acids is 3. The van der Waals surface area contributed by atoms with E-state index < -0.39 is 11.8 Å². The van der Waals surface area contributed by atoms with Gasteiger partial charge in [0.2, 0.25) is 5.91 Å². The standard InChI is InChI=1S/C38H31N3O5S2/c1-45-32-20-19-25(22-33(32)46-2)21-29(40-37(43)26-11-4-3-5-12-26)38(44)39-27-13-10-14-28(23-27)47-24-36(42)41-30-15-6-8-17-34(30)48-35-18-9-7-16-31(35)41/h3-23H,24H2,1-2H3,(H,39,44)(H,40,43)/b29-21-. The van der Waals surface area contributed by atoms with Crippen molar-refractivity contribution in [3.63, 3.8) is 0 Å². The molecule has 3 amide bonds. The number of para-hydroxylation sites is 2. The SMILES string of the molecule is COc1ccc(/C=C(\NC(=O)c2ccccc2)C(=O)Nc2cccc(SCC(=O)N3c4ccccc4Sc4ccccc43)c2)cc1OC. The number of methoxy groups -OCH3 is 2. The van der Waals surface area contributed by atoms with Gasteiger partial charge in [0.25, 0.3) is 11.8 Å². The summed E-state index contributed by atoms with van der Waals surface area (Å²) < 4.78 is 10.8. The molecule has 48 heavy (non-hydrogen) atoms. The molecule has 0 saturated carbocycles. The number of thioether (sulfide) groups is 1. The van der Waals surface area contributed by atoms with Crippen molar-refractivity contribution in [1.82, 2.24) is 5.32 Å². The third-order valence-corrected chi connectivity index (χ3v) is 9.49. The molecule has 8 nitrogen and oxygen atoms in total. The van der Waals surface area contributed by atoms with E-state index in [4.69, 9.17) is 9.47 Å². The molecule has 5 aromatic rings. The van der Waals surface area contributed by atoms with Crippen LogP contribution in [-0.2, 0) is 9.59 Å². The Morgan fingerprint density at radius 2 is 1.42 bits per heavy atom. The van der Waals surface area contributed by atoms with Crippen molar-refractivity contribution in [2.75, 3.05) is 30.2 Å². The molecule has 1 aliphatic heterocycles. The largest absolute Gasteiger partial charge is 0.493 e. The first-order valence-corrected chi connectivity index (χ1v) is 16.8. The first kappa shape index (κ1) is 32.5. The fourth-order valence-corrected chi connectivity index (χ4v) is 6.96. The van der Waals surface area contributed by atoms with Crippen LogP contribution < -0.4 is 25.0 Å². The molecule has 0 unspecified atom stereocenters. The highest BCUT2D eigenvalue weighted by molar-refractivity contribution is 8.00. The zero-order valence-electron chi connectivity index (χ0n) is 26.1. The normalized spacial score (nSPS) is 12.0. The zero-order chi connectivity index (χ0) is 33.5. The van der Waals surface area contributed by atoms with Gasteiger partial charge in [-0.25, -0.2) is 0 Å². The molecule has 6 rings (SSSR count). The van der Waals surface area contributed by atoms with Gasteiger partial charge in [-0.15, -0.1) is 11.8 Å². The molecule has 5 aromatic carbocycles. The Balaban J connectivity index is 1.20. The number of amides is 3. The number of nitrogens with one attached hydrogen (secondary N) is 2. The van der Waals surface area contributed by atoms with Gasteiger partial charge >= 0.3 is 0 Å². The van der Waals surface area contributed by atoms with E-state index in [1.54, 1.807) is 84.4 Å². The highest BCUT2D eigenvalue weighted by Gasteiger charge is 2.27. The Bertz CT molecular complexity index is 1970. The number of ether oxygens (including phenoxy) is 2. The van der Waals surface area contributed by atoms with Crippen LogP contribution in [-0.4, -0.2) is 37.7 Å². The van der Waals surface area contributed by atoms with Crippen LogP contribution in [0.4, 0.5) is 17.1 Å². The minimum atomic E-state index is -0.522. The summed E-state index contributed by atoms with van der Waals surface area (Å²) in [6.45, 7) is 0. The van der Waals surface area contributed by atoms with E-state index in [-0.39, 0.29) is 17.4 Å². The Labute approximate surface area is 287 Å². The maximum Gasteiger partial charge on any atom is 0.272 e. The Morgan fingerprint density at radius 3 is 2.10 bits per heavy atom. The number of hydrogen-bond donors (Lipinski definition) is 2. The van der Waals surface area contributed by atoms with Gasteiger partial charge in [-0.1, -0.05) is 66.4 Å². The molecule has 10 heteroatoms. The third-order valence-electron chi connectivity index (χ3n) is 7.38. The molecule has 0 aromatic heterocycles. The molecule has 0 aliphatic carbocycles. The van der Waals surface area contributed by atoms with Crippen LogP contribution in [0.15, 0.2) is 142 Å². The van der Waals surface area contributed by atoms with Crippen LogP contribution in [0, 0.1) is 0 Å². The molecule has 1 heterocycles. The lowest BCUT2D eigenvalue weighted by atomic mass is 10.1. The molecule has 0 saturated heterocycles. The van der Waals surface area contributed by atoms with E-state index in [1.165, 1.54) is 18.9 Å². The van der Waals surface area contributed by atoms with E-state index in [1.807, 2.05) is 66.7 Å². The second-order valence-electron chi connectivity index (χ2n) is 10.5. The molecule has 1 aliphatic rings. The third kappa shape index (κ3) is 7.41. The van der Waals surface area contributed by atoms with Crippen molar-refractivity contribution >= 4 is 64.4 Å². The van der Waals surface area contributed by atoms with Crippen LogP contribution >= 0.6 is 23.5 Å². The molecule has 0 spiro atoms. The predicted octanol–water partition coefficient (Wildman–Crippen LogP) is 8.04. The summed E-state index contributed by atoms with van der Waals surface area (Å²) in [4.78, 5) is 45.1. The minimum absolute atomic E-state index is 0.0320. The quantitative estimate of drug-likeness (QED) is 0.114. The van der Waals surface area contributed by atoms with E-state index in [9.17, 15) is 14.4 Å². The molecule has 0 bridgehead atoms. The monoisotopic (exact) mass is 673 g/mol. The van der Waals surface area contributed by atoms with Gasteiger partial charge in [0, 0.05) is 25.9 Å². The predicted molar refractivity (Wildman–Crippen MR) is 191 cm³/mol. The van der Waals surface area contributed by atoms with E-state index in [0.717, 1.165) is 26.1 Å². The number of fused-ring (bicyclic) bond motifs is 2. The highest BCUT2D eigenvalue weighted by Crippen LogP contribution is 2.48. The summed E-state index contributed by atoms with van der Waals surface area (Å²) in [6, 6.07) is 36.9. The molecule has 0 fully saturated rings. The lowest BCUT2D eigenvalue weighted by molar-refractivity contribution is -0.115. The summed E-state index contributed by atoms with van der Waals surface area (Å²) in [5.74, 6) is 0.191. The van der Waals surface area contributed by atoms with E-state index in [2.05, 4.69) is 10.6 Å². The highest BCUT2D eigenvalue weighted by atomic mass is 32.2. The summed E-state index contributed by atoms with van der Waals surface area (Å²) >= 11 is 3.03. The van der Waals surface area contributed by atoms with Crippen molar-refractivity contribution in [2.45, 2.75) is 14.7 Å². The Hall–Kier alpha value is -5.45. The van der Waals surface area contributed by atoms with Crippen molar-refractivity contribution in [3.05, 3.63) is 138 Å². The number of anilines is 3. The average molecular weight is 674 g/mol. The van der Waals surface area contributed by atoms with Gasteiger partial charge in [0.1, 0.15) is 5.70 Å². The van der Waals surface area contributed by atoms with Crippen molar-refractivity contribution < 1.29 is 23.9 Å². The lowest BCUT2D eigenvalue weighted by Gasteiger charge is -2.31. The Morgan fingerprint density at radius 1 is 0.750 bits per heavy atom. The summed E-state index contributed by atoms with van der Waals surface area (Å²) in [7, 11) is 3.07. The molecule has 0 radical (unpaired) electrons.